The first kappa shape index (κ1) is 15.1. The second kappa shape index (κ2) is 6.95. The summed E-state index contributed by atoms with van der Waals surface area (Å²) in [6, 6.07) is 12.6. The van der Waals surface area contributed by atoms with Crippen molar-refractivity contribution in [2.75, 3.05) is 13.2 Å². The molecule has 1 aromatic carbocycles. The molecule has 0 unspecified atom stereocenters. The number of rotatable bonds is 7. The largest absolute Gasteiger partial charge is 0.484 e. The van der Waals surface area contributed by atoms with Crippen LogP contribution in [0.5, 0.6) is 5.75 Å². The zero-order chi connectivity index (χ0) is 15.1. The summed E-state index contributed by atoms with van der Waals surface area (Å²) in [4.78, 5) is 11.7. The fraction of sp³-hybridized carbons (Fsp3) is 0.312. The number of carbonyl (C=O) groups excluding carboxylic acids is 1. The first-order valence-corrected chi connectivity index (χ1v) is 6.74. The monoisotopic (exact) mass is 289 g/mol. The van der Waals surface area contributed by atoms with Crippen LogP contribution < -0.4 is 10.1 Å². The van der Waals surface area contributed by atoms with E-state index in [1.807, 2.05) is 18.2 Å². The van der Waals surface area contributed by atoms with Gasteiger partial charge in [-0.1, -0.05) is 18.2 Å². The Hall–Kier alpha value is -2.27. The minimum Gasteiger partial charge on any atom is -0.484 e. The molecule has 0 fully saturated rings. The molecule has 0 aliphatic heterocycles. The Kier molecular flexibility index (Phi) is 5.00. The normalized spacial score (nSPS) is 13.4. The van der Waals surface area contributed by atoms with Crippen molar-refractivity contribution in [1.82, 2.24) is 5.32 Å². The van der Waals surface area contributed by atoms with Crippen molar-refractivity contribution in [1.29, 1.82) is 0 Å². The van der Waals surface area contributed by atoms with Gasteiger partial charge in [-0.25, -0.2) is 0 Å². The molecule has 0 saturated heterocycles. The summed E-state index contributed by atoms with van der Waals surface area (Å²) < 4.78 is 10.5. The lowest BCUT2D eigenvalue weighted by Crippen LogP contribution is -2.43. The van der Waals surface area contributed by atoms with E-state index in [0.29, 0.717) is 17.9 Å². The molecule has 2 rings (SSSR count). The van der Waals surface area contributed by atoms with Crippen LogP contribution in [0.25, 0.3) is 0 Å². The average Bonchev–Trinajstić information content (AvgIpc) is 2.96. The van der Waals surface area contributed by atoms with Crippen molar-refractivity contribution in [3.05, 3.63) is 54.5 Å². The molecule has 112 valence electrons. The molecule has 0 saturated carbocycles. The van der Waals surface area contributed by atoms with Crippen LogP contribution in [0.3, 0.4) is 0 Å². The zero-order valence-corrected chi connectivity index (χ0v) is 11.9. The summed E-state index contributed by atoms with van der Waals surface area (Å²) in [6.45, 7) is 1.69. The lowest BCUT2D eigenvalue weighted by atomic mass is 10.0. The lowest BCUT2D eigenvalue weighted by Gasteiger charge is -2.22. The van der Waals surface area contributed by atoms with Gasteiger partial charge >= 0.3 is 0 Å². The van der Waals surface area contributed by atoms with Crippen LogP contribution in [0.15, 0.2) is 53.1 Å². The summed E-state index contributed by atoms with van der Waals surface area (Å²) in [6.07, 6.45) is 1.89. The van der Waals surface area contributed by atoms with Crippen molar-refractivity contribution in [3.63, 3.8) is 0 Å². The van der Waals surface area contributed by atoms with E-state index in [1.165, 1.54) is 0 Å². The first-order valence-electron chi connectivity index (χ1n) is 6.74. The molecule has 1 amide bonds. The van der Waals surface area contributed by atoms with Crippen LogP contribution in [0.4, 0.5) is 0 Å². The van der Waals surface area contributed by atoms with Gasteiger partial charge in [0, 0.05) is 13.0 Å². The molecule has 0 spiro atoms. The first-order chi connectivity index (χ1) is 10.1. The maximum atomic E-state index is 11.7. The highest BCUT2D eigenvalue weighted by molar-refractivity contribution is 5.77. The van der Waals surface area contributed by atoms with E-state index >= 15 is 0 Å². The quantitative estimate of drug-likeness (QED) is 0.815. The Morgan fingerprint density at radius 3 is 2.71 bits per heavy atom. The summed E-state index contributed by atoms with van der Waals surface area (Å²) in [5.41, 5.74) is -1.07. The predicted molar refractivity (Wildman–Crippen MR) is 78.0 cm³/mol. The topological polar surface area (TPSA) is 71.7 Å². The van der Waals surface area contributed by atoms with E-state index in [9.17, 15) is 9.90 Å². The molecular formula is C16H19NO4. The Bertz CT molecular complexity index is 549. The van der Waals surface area contributed by atoms with E-state index in [4.69, 9.17) is 9.15 Å². The number of para-hydroxylation sites is 1. The molecular weight excluding hydrogens is 270 g/mol. The molecule has 21 heavy (non-hydrogen) atoms. The Labute approximate surface area is 123 Å². The summed E-state index contributed by atoms with van der Waals surface area (Å²) in [5.74, 6) is 1.03. The number of carbonyl (C=O) groups is 1. The number of nitrogens with one attached hydrogen (secondary N) is 1. The van der Waals surface area contributed by atoms with Gasteiger partial charge < -0.3 is 19.6 Å². The molecule has 1 aromatic heterocycles. The highest BCUT2D eigenvalue weighted by Gasteiger charge is 2.23. The fourth-order valence-electron chi connectivity index (χ4n) is 1.86. The number of furan rings is 1. The summed E-state index contributed by atoms with van der Waals surface area (Å²) in [5, 5.41) is 12.9. The van der Waals surface area contributed by atoms with Gasteiger partial charge in [-0.2, -0.15) is 0 Å². The number of ether oxygens (including phenoxy) is 1. The maximum absolute atomic E-state index is 11.7. The number of aliphatic hydroxyl groups is 1. The SMILES string of the molecule is C[C@](O)(CNC(=O)COc1ccccc1)Cc1ccco1. The molecule has 5 heteroatoms. The molecule has 0 aliphatic rings. The van der Waals surface area contributed by atoms with Gasteiger partial charge in [-0.3, -0.25) is 4.79 Å². The van der Waals surface area contributed by atoms with E-state index in [1.54, 1.807) is 37.5 Å². The molecule has 1 heterocycles. The number of hydrogen-bond acceptors (Lipinski definition) is 4. The Balaban J connectivity index is 1.73. The second-order valence-electron chi connectivity index (χ2n) is 5.13. The summed E-state index contributed by atoms with van der Waals surface area (Å²) in [7, 11) is 0. The summed E-state index contributed by atoms with van der Waals surface area (Å²) >= 11 is 0. The van der Waals surface area contributed by atoms with Gasteiger partial charge in [0.2, 0.25) is 0 Å². The minimum atomic E-state index is -1.07. The van der Waals surface area contributed by atoms with E-state index < -0.39 is 5.60 Å². The Morgan fingerprint density at radius 2 is 2.05 bits per heavy atom. The van der Waals surface area contributed by atoms with E-state index in [2.05, 4.69) is 5.32 Å². The van der Waals surface area contributed by atoms with E-state index in [-0.39, 0.29) is 19.1 Å². The number of hydrogen-bond donors (Lipinski definition) is 2. The van der Waals surface area contributed by atoms with Gasteiger partial charge in [0.1, 0.15) is 11.5 Å². The van der Waals surface area contributed by atoms with Gasteiger partial charge in [0.05, 0.1) is 11.9 Å². The average molecular weight is 289 g/mol. The smallest absolute Gasteiger partial charge is 0.258 e. The highest BCUT2D eigenvalue weighted by atomic mass is 16.5. The maximum Gasteiger partial charge on any atom is 0.258 e. The van der Waals surface area contributed by atoms with Crippen molar-refractivity contribution < 1.29 is 19.1 Å². The van der Waals surface area contributed by atoms with Gasteiger partial charge in [-0.05, 0) is 31.2 Å². The van der Waals surface area contributed by atoms with Gasteiger partial charge in [0.25, 0.3) is 5.91 Å². The van der Waals surface area contributed by atoms with Crippen LogP contribution in [-0.2, 0) is 11.2 Å². The minimum absolute atomic E-state index is 0.0825. The van der Waals surface area contributed by atoms with Gasteiger partial charge in [0.15, 0.2) is 6.61 Å². The van der Waals surface area contributed by atoms with Crippen molar-refractivity contribution >= 4 is 5.91 Å². The molecule has 1 atom stereocenters. The van der Waals surface area contributed by atoms with Crippen LogP contribution in [-0.4, -0.2) is 29.8 Å². The van der Waals surface area contributed by atoms with Crippen molar-refractivity contribution in [2.24, 2.45) is 0 Å². The van der Waals surface area contributed by atoms with E-state index in [0.717, 1.165) is 0 Å². The second-order valence-corrected chi connectivity index (χ2v) is 5.13. The predicted octanol–water partition coefficient (Wildman–Crippen LogP) is 1.77. The van der Waals surface area contributed by atoms with Gasteiger partial charge in [-0.15, -0.1) is 0 Å². The van der Waals surface area contributed by atoms with Crippen molar-refractivity contribution in [3.8, 4) is 5.75 Å². The number of benzene rings is 1. The molecule has 2 aromatic rings. The van der Waals surface area contributed by atoms with Crippen LogP contribution in [0.1, 0.15) is 12.7 Å². The molecule has 0 radical (unpaired) electrons. The number of amides is 1. The van der Waals surface area contributed by atoms with Crippen LogP contribution in [0.2, 0.25) is 0 Å². The van der Waals surface area contributed by atoms with Crippen LogP contribution >= 0.6 is 0 Å². The lowest BCUT2D eigenvalue weighted by molar-refractivity contribution is -0.124. The highest BCUT2D eigenvalue weighted by Crippen LogP contribution is 2.12. The standard InChI is InChI=1S/C16H19NO4/c1-16(19,10-14-8-5-9-20-14)12-17-15(18)11-21-13-6-3-2-4-7-13/h2-9,19H,10-12H2,1H3,(H,17,18)/t16-/m1/s1. The third-order valence-electron chi connectivity index (χ3n) is 2.91. The fourth-order valence-corrected chi connectivity index (χ4v) is 1.86. The third kappa shape index (κ3) is 5.31. The molecule has 2 N–H and O–H groups in total. The van der Waals surface area contributed by atoms with Crippen molar-refractivity contribution in [2.45, 2.75) is 18.9 Å². The van der Waals surface area contributed by atoms with Crippen LogP contribution in [0, 0.1) is 0 Å². The Morgan fingerprint density at radius 1 is 1.29 bits per heavy atom. The zero-order valence-electron chi connectivity index (χ0n) is 11.9. The molecule has 5 nitrogen and oxygen atoms in total. The molecule has 0 bridgehead atoms. The third-order valence-corrected chi connectivity index (χ3v) is 2.91. The molecule has 0 aliphatic carbocycles.